The van der Waals surface area contributed by atoms with Gasteiger partial charge in [-0.2, -0.15) is 0 Å². The number of ether oxygens (including phenoxy) is 3. The number of hydrogen-bond acceptors (Lipinski definition) is 3. The second-order valence-electron chi connectivity index (χ2n) is 4.76. The first-order valence-corrected chi connectivity index (χ1v) is 7.56. The number of rotatable bonds is 15. The van der Waals surface area contributed by atoms with Crippen LogP contribution in [-0.4, -0.2) is 33.7 Å². The van der Waals surface area contributed by atoms with Gasteiger partial charge < -0.3 is 14.2 Å². The van der Waals surface area contributed by atoms with Crippen LogP contribution in [0.15, 0.2) is 0 Å². The lowest BCUT2D eigenvalue weighted by atomic mass is 10.1. The topological polar surface area (TPSA) is 27.7 Å². The van der Waals surface area contributed by atoms with E-state index in [1.165, 1.54) is 51.4 Å². The van der Waals surface area contributed by atoms with Crippen LogP contribution in [0, 0.1) is 0 Å². The Kier molecular flexibility index (Phi) is 16.8. The molecule has 0 aromatic carbocycles. The van der Waals surface area contributed by atoms with Crippen molar-refractivity contribution in [1.29, 1.82) is 0 Å². The Balaban J connectivity index is 2.86. The van der Waals surface area contributed by atoms with E-state index in [4.69, 9.17) is 14.2 Å². The van der Waals surface area contributed by atoms with E-state index in [-0.39, 0.29) is 0 Å². The van der Waals surface area contributed by atoms with Crippen molar-refractivity contribution in [1.82, 2.24) is 0 Å². The molecule has 0 aromatic rings. The van der Waals surface area contributed by atoms with Crippen LogP contribution in [0.5, 0.6) is 0 Å². The third-order valence-electron chi connectivity index (χ3n) is 2.99. The van der Waals surface area contributed by atoms with Gasteiger partial charge in [-0.25, -0.2) is 0 Å². The number of unbranched alkanes of at least 4 members (excludes halogenated alkanes) is 8. The molecule has 0 heterocycles. The maximum Gasteiger partial charge on any atom is 0.146 e. The molecule has 3 heteroatoms. The number of methoxy groups -OCH3 is 1. The predicted molar refractivity (Wildman–Crippen MR) is 75.9 cm³/mol. The van der Waals surface area contributed by atoms with Crippen LogP contribution in [0.4, 0.5) is 0 Å². The van der Waals surface area contributed by atoms with Crippen LogP contribution in [-0.2, 0) is 14.2 Å². The fourth-order valence-corrected chi connectivity index (χ4v) is 1.83. The SMILES string of the molecule is CCCCCCCCCCCOCOCCOC. The lowest BCUT2D eigenvalue weighted by Gasteiger charge is -2.05. The molecule has 18 heavy (non-hydrogen) atoms. The molecule has 3 nitrogen and oxygen atoms in total. The molecular formula is C15H32O3. The zero-order chi connectivity index (χ0) is 13.3. The summed E-state index contributed by atoms with van der Waals surface area (Å²) in [5.41, 5.74) is 0. The summed E-state index contributed by atoms with van der Waals surface area (Å²) in [6.45, 7) is 4.75. The van der Waals surface area contributed by atoms with Crippen molar-refractivity contribution >= 4 is 0 Å². The predicted octanol–water partition coefficient (Wildman–Crippen LogP) is 4.15. The Morgan fingerprint density at radius 2 is 1.17 bits per heavy atom. The van der Waals surface area contributed by atoms with Gasteiger partial charge in [-0.3, -0.25) is 0 Å². The van der Waals surface area contributed by atoms with Gasteiger partial charge in [-0.1, -0.05) is 58.3 Å². The summed E-state index contributed by atoms with van der Waals surface area (Å²) in [5, 5.41) is 0. The molecule has 0 radical (unpaired) electrons. The van der Waals surface area contributed by atoms with Crippen molar-refractivity contribution in [3.8, 4) is 0 Å². The Hall–Kier alpha value is -0.120. The van der Waals surface area contributed by atoms with Gasteiger partial charge in [0.1, 0.15) is 6.79 Å². The average molecular weight is 260 g/mol. The summed E-state index contributed by atoms with van der Waals surface area (Å²) in [5.74, 6) is 0. The van der Waals surface area contributed by atoms with Crippen molar-refractivity contribution in [2.45, 2.75) is 64.7 Å². The molecule has 0 aliphatic rings. The second kappa shape index (κ2) is 16.9. The molecule has 0 unspecified atom stereocenters. The molecule has 0 rings (SSSR count). The van der Waals surface area contributed by atoms with Gasteiger partial charge in [0.15, 0.2) is 0 Å². The average Bonchev–Trinajstić information content (AvgIpc) is 2.39. The summed E-state index contributed by atoms with van der Waals surface area (Å²) < 4.78 is 15.4. The van der Waals surface area contributed by atoms with Crippen LogP contribution >= 0.6 is 0 Å². The molecule has 0 aliphatic heterocycles. The van der Waals surface area contributed by atoms with Crippen molar-refractivity contribution < 1.29 is 14.2 Å². The first kappa shape index (κ1) is 17.9. The summed E-state index contributed by atoms with van der Waals surface area (Å²) in [6, 6.07) is 0. The first-order valence-electron chi connectivity index (χ1n) is 7.56. The molecule has 0 saturated heterocycles. The highest BCUT2D eigenvalue weighted by molar-refractivity contribution is 4.46. The maximum atomic E-state index is 5.36. The van der Waals surface area contributed by atoms with Crippen LogP contribution in [0.2, 0.25) is 0 Å². The van der Waals surface area contributed by atoms with E-state index in [1.54, 1.807) is 7.11 Å². The zero-order valence-corrected chi connectivity index (χ0v) is 12.4. The van der Waals surface area contributed by atoms with Gasteiger partial charge in [-0.05, 0) is 6.42 Å². The largest absolute Gasteiger partial charge is 0.382 e. The minimum atomic E-state index is 0.403. The van der Waals surface area contributed by atoms with E-state index < -0.39 is 0 Å². The summed E-state index contributed by atoms with van der Waals surface area (Å²) in [7, 11) is 1.67. The highest BCUT2D eigenvalue weighted by Gasteiger charge is 1.93. The lowest BCUT2D eigenvalue weighted by Crippen LogP contribution is -2.06. The van der Waals surface area contributed by atoms with Crippen molar-refractivity contribution in [2.24, 2.45) is 0 Å². The fourth-order valence-electron chi connectivity index (χ4n) is 1.83. The Bertz CT molecular complexity index is 124. The van der Waals surface area contributed by atoms with Gasteiger partial charge in [0.05, 0.1) is 13.2 Å². The van der Waals surface area contributed by atoms with Gasteiger partial charge in [0, 0.05) is 13.7 Å². The molecule has 0 aliphatic carbocycles. The highest BCUT2D eigenvalue weighted by atomic mass is 16.7. The molecular weight excluding hydrogens is 228 g/mol. The standard InChI is InChI=1S/C15H32O3/c1-3-4-5-6-7-8-9-10-11-12-17-15-18-14-13-16-2/h3-15H2,1-2H3. The minimum absolute atomic E-state index is 0.403. The molecule has 0 saturated carbocycles. The van der Waals surface area contributed by atoms with E-state index in [0.29, 0.717) is 20.0 Å². The Morgan fingerprint density at radius 1 is 0.611 bits per heavy atom. The molecule has 0 amide bonds. The van der Waals surface area contributed by atoms with Crippen LogP contribution in [0.1, 0.15) is 64.7 Å². The van der Waals surface area contributed by atoms with Crippen LogP contribution in [0.3, 0.4) is 0 Å². The summed E-state index contributed by atoms with van der Waals surface area (Å²) in [4.78, 5) is 0. The number of hydrogen-bond donors (Lipinski definition) is 0. The molecule has 0 aromatic heterocycles. The highest BCUT2D eigenvalue weighted by Crippen LogP contribution is 2.09. The van der Waals surface area contributed by atoms with E-state index in [9.17, 15) is 0 Å². The van der Waals surface area contributed by atoms with E-state index in [2.05, 4.69) is 6.92 Å². The molecule has 0 bridgehead atoms. The quantitative estimate of drug-likeness (QED) is 0.327. The summed E-state index contributed by atoms with van der Waals surface area (Å²) >= 11 is 0. The Labute approximate surface area is 113 Å². The normalized spacial score (nSPS) is 11.0. The molecule has 0 atom stereocenters. The van der Waals surface area contributed by atoms with Gasteiger partial charge in [-0.15, -0.1) is 0 Å². The van der Waals surface area contributed by atoms with Crippen molar-refractivity contribution in [2.75, 3.05) is 33.7 Å². The summed E-state index contributed by atoms with van der Waals surface area (Å²) in [6.07, 6.45) is 12.1. The van der Waals surface area contributed by atoms with E-state index in [1.807, 2.05) is 0 Å². The molecule has 0 N–H and O–H groups in total. The van der Waals surface area contributed by atoms with Crippen LogP contribution in [0.25, 0.3) is 0 Å². The zero-order valence-electron chi connectivity index (χ0n) is 12.4. The van der Waals surface area contributed by atoms with Crippen molar-refractivity contribution in [3.05, 3.63) is 0 Å². The molecule has 110 valence electrons. The van der Waals surface area contributed by atoms with E-state index in [0.717, 1.165) is 13.0 Å². The van der Waals surface area contributed by atoms with E-state index >= 15 is 0 Å². The molecule has 0 spiro atoms. The van der Waals surface area contributed by atoms with Crippen molar-refractivity contribution in [3.63, 3.8) is 0 Å². The minimum Gasteiger partial charge on any atom is -0.382 e. The third-order valence-corrected chi connectivity index (χ3v) is 2.99. The van der Waals surface area contributed by atoms with Crippen LogP contribution < -0.4 is 0 Å². The lowest BCUT2D eigenvalue weighted by molar-refractivity contribution is -0.0664. The smallest absolute Gasteiger partial charge is 0.146 e. The van der Waals surface area contributed by atoms with Gasteiger partial charge in [0.2, 0.25) is 0 Å². The fraction of sp³-hybridized carbons (Fsp3) is 1.00. The third kappa shape index (κ3) is 15.9. The maximum absolute atomic E-state index is 5.36. The first-order chi connectivity index (χ1) is 8.91. The monoisotopic (exact) mass is 260 g/mol. The van der Waals surface area contributed by atoms with Gasteiger partial charge in [0.25, 0.3) is 0 Å². The van der Waals surface area contributed by atoms with Gasteiger partial charge >= 0.3 is 0 Å². The Morgan fingerprint density at radius 3 is 1.78 bits per heavy atom. The second-order valence-corrected chi connectivity index (χ2v) is 4.76. The molecule has 0 fully saturated rings.